The molecule has 2 aromatic rings. The predicted octanol–water partition coefficient (Wildman–Crippen LogP) is 3.30. The third kappa shape index (κ3) is 3.75. The van der Waals surface area contributed by atoms with Crippen LogP contribution in [0.5, 0.6) is 0 Å². The number of carbonyl (C=O) groups is 1. The van der Waals surface area contributed by atoms with Crippen LogP contribution in [-0.4, -0.2) is 41.1 Å². The standard InChI is InChI=1S/C20H24ClN3O3S/c1-13-3-6-16(18(21)7-13)19(25)8-17(14-4-5-14)15-9-24(10-15)28(26,27)20-11-23(2)12-22-20/h3,6-7,11-12,14-15,17H,4-5,8-10H2,1-2H3. The Morgan fingerprint density at radius 1 is 1.29 bits per heavy atom. The monoisotopic (exact) mass is 421 g/mol. The molecule has 2 aliphatic rings. The highest BCUT2D eigenvalue weighted by Gasteiger charge is 2.46. The molecule has 1 saturated carbocycles. The predicted molar refractivity (Wildman–Crippen MR) is 107 cm³/mol. The maximum absolute atomic E-state index is 12.8. The van der Waals surface area contributed by atoms with Crippen molar-refractivity contribution in [2.24, 2.45) is 24.8 Å². The highest BCUT2D eigenvalue weighted by molar-refractivity contribution is 7.89. The number of carbonyl (C=O) groups excluding carboxylic acids is 1. The second kappa shape index (κ2) is 7.28. The van der Waals surface area contributed by atoms with Gasteiger partial charge in [0.05, 0.1) is 11.3 Å². The first-order chi connectivity index (χ1) is 13.3. The maximum atomic E-state index is 12.8. The van der Waals surface area contributed by atoms with Gasteiger partial charge in [0.2, 0.25) is 0 Å². The summed E-state index contributed by atoms with van der Waals surface area (Å²) < 4.78 is 28.4. The van der Waals surface area contributed by atoms with Crippen molar-refractivity contribution >= 4 is 27.4 Å². The van der Waals surface area contributed by atoms with Crippen LogP contribution in [-0.2, 0) is 17.1 Å². The van der Waals surface area contributed by atoms with Gasteiger partial charge in [0.25, 0.3) is 10.0 Å². The summed E-state index contributed by atoms with van der Waals surface area (Å²) in [5.74, 6) is 0.977. The van der Waals surface area contributed by atoms with E-state index in [4.69, 9.17) is 11.6 Å². The number of hydrogen-bond donors (Lipinski definition) is 0. The number of ketones is 1. The first-order valence-electron chi connectivity index (χ1n) is 9.53. The molecule has 1 aliphatic heterocycles. The Kier molecular flexibility index (Phi) is 5.10. The van der Waals surface area contributed by atoms with Crippen LogP contribution < -0.4 is 0 Å². The summed E-state index contributed by atoms with van der Waals surface area (Å²) in [5, 5.41) is 0.575. The van der Waals surface area contributed by atoms with Gasteiger partial charge >= 0.3 is 0 Å². The minimum absolute atomic E-state index is 0.0490. The second-order valence-electron chi connectivity index (χ2n) is 8.07. The smallest absolute Gasteiger partial charge is 0.262 e. The van der Waals surface area contributed by atoms with Crippen molar-refractivity contribution in [2.45, 2.75) is 31.2 Å². The Hall–Kier alpha value is -1.70. The molecule has 4 rings (SSSR count). The van der Waals surface area contributed by atoms with Gasteiger partial charge in [-0.2, -0.15) is 4.31 Å². The van der Waals surface area contributed by atoms with Gasteiger partial charge in [0, 0.05) is 38.3 Å². The summed E-state index contributed by atoms with van der Waals surface area (Å²) in [4.78, 5) is 16.8. The number of sulfonamides is 1. The zero-order chi connectivity index (χ0) is 20.1. The van der Waals surface area contributed by atoms with E-state index in [1.807, 2.05) is 19.1 Å². The van der Waals surface area contributed by atoms with Crippen LogP contribution in [0.1, 0.15) is 35.2 Å². The molecule has 1 aliphatic carbocycles. The number of aryl methyl sites for hydroxylation is 2. The molecule has 0 N–H and O–H groups in total. The quantitative estimate of drug-likeness (QED) is 0.643. The largest absolute Gasteiger partial charge is 0.339 e. The zero-order valence-electron chi connectivity index (χ0n) is 16.0. The highest BCUT2D eigenvalue weighted by atomic mass is 35.5. The Morgan fingerprint density at radius 3 is 2.57 bits per heavy atom. The van der Waals surface area contributed by atoms with Crippen LogP contribution in [0.25, 0.3) is 0 Å². The highest BCUT2D eigenvalue weighted by Crippen LogP contribution is 2.46. The molecule has 1 saturated heterocycles. The molecule has 2 heterocycles. The lowest BCUT2D eigenvalue weighted by atomic mass is 9.79. The molecule has 1 aromatic heterocycles. The topological polar surface area (TPSA) is 72.3 Å². The molecule has 0 amide bonds. The molecule has 6 nitrogen and oxygen atoms in total. The number of Topliss-reactive ketones (excluding diaryl/α,β-unsaturated/α-hetero) is 1. The fourth-order valence-electron chi connectivity index (χ4n) is 4.00. The molecular formula is C20H24ClN3O3S. The third-order valence-electron chi connectivity index (χ3n) is 5.84. The molecule has 28 heavy (non-hydrogen) atoms. The molecule has 1 atom stereocenters. The van der Waals surface area contributed by atoms with Crippen molar-refractivity contribution in [2.75, 3.05) is 13.1 Å². The van der Waals surface area contributed by atoms with Crippen molar-refractivity contribution in [1.29, 1.82) is 0 Å². The summed E-state index contributed by atoms with van der Waals surface area (Å²) >= 11 is 6.27. The lowest BCUT2D eigenvalue weighted by molar-refractivity contribution is 0.0826. The first kappa shape index (κ1) is 19.6. The van der Waals surface area contributed by atoms with Crippen LogP contribution in [0.15, 0.2) is 35.7 Å². The Balaban J connectivity index is 1.43. The average Bonchev–Trinajstić information content (AvgIpc) is 3.32. The van der Waals surface area contributed by atoms with Crippen LogP contribution in [0, 0.1) is 24.7 Å². The minimum Gasteiger partial charge on any atom is -0.339 e. The Labute approximate surface area is 170 Å². The van der Waals surface area contributed by atoms with Crippen LogP contribution >= 0.6 is 11.6 Å². The van der Waals surface area contributed by atoms with Gasteiger partial charge in [-0.3, -0.25) is 4.79 Å². The average molecular weight is 422 g/mol. The minimum atomic E-state index is -3.55. The van der Waals surface area contributed by atoms with E-state index in [1.54, 1.807) is 17.7 Å². The van der Waals surface area contributed by atoms with Crippen molar-refractivity contribution < 1.29 is 13.2 Å². The molecule has 2 fully saturated rings. The van der Waals surface area contributed by atoms with Gasteiger partial charge in [0.1, 0.15) is 0 Å². The Morgan fingerprint density at radius 2 is 2.00 bits per heavy atom. The number of rotatable bonds is 7. The Bertz CT molecular complexity index is 1010. The van der Waals surface area contributed by atoms with Gasteiger partial charge in [-0.15, -0.1) is 0 Å². The number of benzene rings is 1. The lowest BCUT2D eigenvalue weighted by Crippen LogP contribution is -2.53. The van der Waals surface area contributed by atoms with E-state index in [0.717, 1.165) is 18.4 Å². The first-order valence-corrected chi connectivity index (χ1v) is 11.3. The number of hydrogen-bond acceptors (Lipinski definition) is 4. The maximum Gasteiger partial charge on any atom is 0.262 e. The third-order valence-corrected chi connectivity index (χ3v) is 7.87. The van der Waals surface area contributed by atoms with Crippen LogP contribution in [0.4, 0.5) is 0 Å². The number of imidazole rings is 1. The van der Waals surface area contributed by atoms with Gasteiger partial charge in [0.15, 0.2) is 10.8 Å². The lowest BCUT2D eigenvalue weighted by Gasteiger charge is -2.42. The van der Waals surface area contributed by atoms with Crippen molar-refractivity contribution in [3.8, 4) is 0 Å². The van der Waals surface area contributed by atoms with E-state index in [0.29, 0.717) is 36.0 Å². The molecule has 1 unspecified atom stereocenters. The fraction of sp³-hybridized carbons (Fsp3) is 0.500. The number of halogens is 1. The number of nitrogens with zero attached hydrogens (tertiary/aromatic N) is 3. The van der Waals surface area contributed by atoms with E-state index >= 15 is 0 Å². The summed E-state index contributed by atoms with van der Waals surface area (Å²) in [6.45, 7) is 2.85. The normalized spacial score (nSPS) is 19.4. The second-order valence-corrected chi connectivity index (χ2v) is 10.4. The van der Waals surface area contributed by atoms with Crippen LogP contribution in [0.3, 0.4) is 0 Å². The van der Waals surface area contributed by atoms with E-state index in [1.165, 1.54) is 16.8 Å². The van der Waals surface area contributed by atoms with Gasteiger partial charge in [-0.25, -0.2) is 13.4 Å². The molecule has 0 bridgehead atoms. The van der Waals surface area contributed by atoms with Crippen LogP contribution in [0.2, 0.25) is 5.02 Å². The van der Waals surface area contributed by atoms with Crippen molar-refractivity contribution in [1.82, 2.24) is 13.9 Å². The summed E-state index contributed by atoms with van der Waals surface area (Å²) in [5.41, 5.74) is 1.59. The molecular weight excluding hydrogens is 398 g/mol. The molecule has 0 spiro atoms. The van der Waals surface area contributed by atoms with Gasteiger partial charge in [-0.05, 0) is 55.2 Å². The van der Waals surface area contributed by atoms with Gasteiger partial charge < -0.3 is 4.57 Å². The summed E-state index contributed by atoms with van der Waals surface area (Å²) in [6.07, 6.45) is 5.66. The number of aromatic nitrogens is 2. The summed E-state index contributed by atoms with van der Waals surface area (Å²) in [7, 11) is -1.80. The molecule has 1 aromatic carbocycles. The van der Waals surface area contributed by atoms with E-state index in [2.05, 4.69) is 4.98 Å². The SMILES string of the molecule is Cc1ccc(C(=O)CC(C2CC2)C2CN(S(=O)(=O)c3cn(C)cn3)C2)c(Cl)c1. The van der Waals surface area contributed by atoms with E-state index in [9.17, 15) is 13.2 Å². The van der Waals surface area contributed by atoms with E-state index < -0.39 is 10.0 Å². The fourth-order valence-corrected chi connectivity index (χ4v) is 5.86. The van der Waals surface area contributed by atoms with E-state index in [-0.39, 0.29) is 22.6 Å². The summed E-state index contributed by atoms with van der Waals surface area (Å²) in [6, 6.07) is 5.50. The van der Waals surface area contributed by atoms with Crippen molar-refractivity contribution in [3.05, 3.63) is 46.9 Å². The zero-order valence-corrected chi connectivity index (χ0v) is 17.6. The molecule has 8 heteroatoms. The van der Waals surface area contributed by atoms with Gasteiger partial charge in [-0.1, -0.05) is 17.7 Å². The molecule has 150 valence electrons. The van der Waals surface area contributed by atoms with Crippen molar-refractivity contribution in [3.63, 3.8) is 0 Å². The molecule has 0 radical (unpaired) electrons.